The minimum absolute atomic E-state index is 0.723. The molecule has 13 heavy (non-hydrogen) atoms. The predicted octanol–water partition coefficient (Wildman–Crippen LogP) is 2.41. The summed E-state index contributed by atoms with van der Waals surface area (Å²) in [5, 5.41) is 9.83. The van der Waals surface area contributed by atoms with E-state index >= 15 is 0 Å². The Bertz CT molecular complexity index is 495. The fourth-order valence-corrected chi connectivity index (χ4v) is 1.35. The van der Waals surface area contributed by atoms with Crippen molar-refractivity contribution in [2.75, 3.05) is 0 Å². The van der Waals surface area contributed by atoms with Crippen molar-refractivity contribution in [3.63, 3.8) is 0 Å². The maximum absolute atomic E-state index is 8.81. The molecule has 1 aromatic carbocycles. The molecule has 1 heterocycles. The highest BCUT2D eigenvalue weighted by Gasteiger charge is 1.99. The normalized spacial score (nSPS) is 9.85. The molecule has 0 aliphatic carbocycles. The van der Waals surface area contributed by atoms with Crippen molar-refractivity contribution in [2.45, 2.75) is 6.92 Å². The van der Waals surface area contributed by atoms with Crippen LogP contribution in [0.15, 0.2) is 30.5 Å². The molecule has 0 atom stereocenters. The van der Waals surface area contributed by atoms with Gasteiger partial charge in [0.05, 0.1) is 17.1 Å². The molecule has 2 nitrogen and oxygen atoms in total. The van der Waals surface area contributed by atoms with Crippen LogP contribution in [-0.4, -0.2) is 4.98 Å². The first-order valence-electron chi connectivity index (χ1n) is 4.07. The van der Waals surface area contributed by atoms with E-state index in [0.29, 0.717) is 0 Å². The van der Waals surface area contributed by atoms with Gasteiger partial charge in [0.25, 0.3) is 0 Å². The molecule has 0 amide bonds. The summed E-state index contributed by atoms with van der Waals surface area (Å²) in [6.45, 7) is 1.92. The minimum atomic E-state index is 0.723. The van der Waals surface area contributed by atoms with E-state index in [2.05, 4.69) is 11.1 Å². The van der Waals surface area contributed by atoms with Gasteiger partial charge in [-0.05, 0) is 30.7 Å². The highest BCUT2D eigenvalue weighted by atomic mass is 14.6. The second kappa shape index (κ2) is 2.87. The average molecular weight is 168 g/mol. The number of hydrogen-bond donors (Lipinski definition) is 0. The van der Waals surface area contributed by atoms with Gasteiger partial charge in [-0.25, -0.2) is 0 Å². The van der Waals surface area contributed by atoms with Gasteiger partial charge in [0.1, 0.15) is 0 Å². The standard InChI is InChI=1S/C11H8N2/c1-8-5-11-9(3-2-4-13-11)6-10(8)7-12/h2-6H,1H3. The Morgan fingerprint density at radius 2 is 2.23 bits per heavy atom. The SMILES string of the molecule is Cc1cc2ncccc2cc1C#N. The topological polar surface area (TPSA) is 36.7 Å². The molecule has 0 spiro atoms. The molecule has 1 aromatic heterocycles. The van der Waals surface area contributed by atoms with Crippen molar-refractivity contribution < 1.29 is 0 Å². The number of fused-ring (bicyclic) bond motifs is 1. The third kappa shape index (κ3) is 1.25. The Hall–Kier alpha value is -1.88. The molecule has 62 valence electrons. The third-order valence-corrected chi connectivity index (χ3v) is 2.07. The number of nitrogens with zero attached hydrogens (tertiary/aromatic N) is 2. The zero-order valence-corrected chi connectivity index (χ0v) is 7.28. The van der Waals surface area contributed by atoms with Crippen molar-refractivity contribution >= 4 is 10.9 Å². The third-order valence-electron chi connectivity index (χ3n) is 2.07. The molecular weight excluding hydrogens is 160 g/mol. The van der Waals surface area contributed by atoms with Gasteiger partial charge >= 0.3 is 0 Å². The van der Waals surface area contributed by atoms with Gasteiger partial charge in [-0.15, -0.1) is 0 Å². The Labute approximate surface area is 76.5 Å². The molecule has 2 rings (SSSR count). The highest BCUT2D eigenvalue weighted by molar-refractivity contribution is 5.80. The fraction of sp³-hybridized carbons (Fsp3) is 0.0909. The zero-order valence-electron chi connectivity index (χ0n) is 7.28. The van der Waals surface area contributed by atoms with E-state index in [0.717, 1.165) is 22.0 Å². The van der Waals surface area contributed by atoms with E-state index in [1.54, 1.807) is 6.20 Å². The Morgan fingerprint density at radius 1 is 1.38 bits per heavy atom. The Kier molecular flexibility index (Phi) is 1.71. The molecule has 0 N–H and O–H groups in total. The van der Waals surface area contributed by atoms with Crippen LogP contribution >= 0.6 is 0 Å². The summed E-state index contributed by atoms with van der Waals surface area (Å²) in [5.41, 5.74) is 2.65. The summed E-state index contributed by atoms with van der Waals surface area (Å²) < 4.78 is 0. The van der Waals surface area contributed by atoms with Gasteiger partial charge in [-0.3, -0.25) is 4.98 Å². The van der Waals surface area contributed by atoms with E-state index in [-0.39, 0.29) is 0 Å². The smallest absolute Gasteiger partial charge is 0.0994 e. The second-order valence-corrected chi connectivity index (χ2v) is 2.98. The molecule has 2 aromatic rings. The lowest BCUT2D eigenvalue weighted by atomic mass is 10.1. The summed E-state index contributed by atoms with van der Waals surface area (Å²) in [5.74, 6) is 0. The van der Waals surface area contributed by atoms with E-state index in [4.69, 9.17) is 5.26 Å². The molecular formula is C11H8N2. The van der Waals surface area contributed by atoms with E-state index in [9.17, 15) is 0 Å². The Balaban J connectivity index is 2.83. The van der Waals surface area contributed by atoms with E-state index < -0.39 is 0 Å². The lowest BCUT2D eigenvalue weighted by Gasteiger charge is -1.99. The van der Waals surface area contributed by atoms with E-state index in [1.807, 2.05) is 31.2 Å². The minimum Gasteiger partial charge on any atom is -0.256 e. The summed E-state index contributed by atoms with van der Waals surface area (Å²) in [6, 6.07) is 9.81. The van der Waals surface area contributed by atoms with Crippen LogP contribution in [-0.2, 0) is 0 Å². The Morgan fingerprint density at radius 3 is 3.00 bits per heavy atom. The van der Waals surface area contributed by atoms with Crippen LogP contribution in [0.4, 0.5) is 0 Å². The monoisotopic (exact) mass is 168 g/mol. The van der Waals surface area contributed by atoms with Gasteiger partial charge in [0.15, 0.2) is 0 Å². The number of rotatable bonds is 0. The van der Waals surface area contributed by atoms with Crippen molar-refractivity contribution in [3.8, 4) is 6.07 Å². The van der Waals surface area contributed by atoms with Crippen LogP contribution in [0.25, 0.3) is 10.9 Å². The molecule has 0 saturated carbocycles. The largest absolute Gasteiger partial charge is 0.256 e. The average Bonchev–Trinajstić information content (AvgIpc) is 2.17. The number of aromatic nitrogens is 1. The lowest BCUT2D eigenvalue weighted by molar-refractivity contribution is 1.36. The maximum Gasteiger partial charge on any atom is 0.0994 e. The molecule has 0 bridgehead atoms. The van der Waals surface area contributed by atoms with Gasteiger partial charge in [0.2, 0.25) is 0 Å². The van der Waals surface area contributed by atoms with Crippen LogP contribution in [0.3, 0.4) is 0 Å². The van der Waals surface area contributed by atoms with Crippen LogP contribution in [0.2, 0.25) is 0 Å². The molecule has 0 fully saturated rings. The zero-order chi connectivity index (χ0) is 9.26. The van der Waals surface area contributed by atoms with Crippen LogP contribution in [0.1, 0.15) is 11.1 Å². The molecule has 0 unspecified atom stereocenters. The number of aryl methyl sites for hydroxylation is 1. The first kappa shape index (κ1) is 7.75. The number of hydrogen-bond acceptors (Lipinski definition) is 2. The fourth-order valence-electron chi connectivity index (χ4n) is 1.35. The predicted molar refractivity (Wildman–Crippen MR) is 51.2 cm³/mol. The molecule has 2 heteroatoms. The van der Waals surface area contributed by atoms with Crippen molar-refractivity contribution in [1.82, 2.24) is 4.98 Å². The first-order valence-corrected chi connectivity index (χ1v) is 4.07. The van der Waals surface area contributed by atoms with E-state index in [1.165, 1.54) is 0 Å². The lowest BCUT2D eigenvalue weighted by Crippen LogP contribution is -1.84. The highest BCUT2D eigenvalue weighted by Crippen LogP contribution is 2.16. The number of nitriles is 1. The van der Waals surface area contributed by atoms with Gasteiger partial charge < -0.3 is 0 Å². The van der Waals surface area contributed by atoms with Gasteiger partial charge in [-0.1, -0.05) is 6.07 Å². The molecule has 0 saturated heterocycles. The summed E-state index contributed by atoms with van der Waals surface area (Å²) in [7, 11) is 0. The number of benzene rings is 1. The second-order valence-electron chi connectivity index (χ2n) is 2.98. The first-order chi connectivity index (χ1) is 6.31. The molecule has 0 aliphatic rings. The number of pyridine rings is 1. The molecule has 0 radical (unpaired) electrons. The summed E-state index contributed by atoms with van der Waals surface area (Å²) in [4.78, 5) is 4.21. The van der Waals surface area contributed by atoms with Crippen molar-refractivity contribution in [3.05, 3.63) is 41.6 Å². The van der Waals surface area contributed by atoms with Crippen LogP contribution in [0.5, 0.6) is 0 Å². The van der Waals surface area contributed by atoms with Crippen LogP contribution in [0, 0.1) is 18.3 Å². The van der Waals surface area contributed by atoms with Gasteiger partial charge in [0, 0.05) is 11.6 Å². The maximum atomic E-state index is 8.81. The van der Waals surface area contributed by atoms with Crippen molar-refractivity contribution in [2.24, 2.45) is 0 Å². The van der Waals surface area contributed by atoms with Gasteiger partial charge in [-0.2, -0.15) is 5.26 Å². The van der Waals surface area contributed by atoms with Crippen molar-refractivity contribution in [1.29, 1.82) is 5.26 Å². The van der Waals surface area contributed by atoms with Crippen LogP contribution < -0.4 is 0 Å². The quantitative estimate of drug-likeness (QED) is 0.605. The molecule has 0 aliphatic heterocycles. The summed E-state index contributed by atoms with van der Waals surface area (Å²) >= 11 is 0. The summed E-state index contributed by atoms with van der Waals surface area (Å²) in [6.07, 6.45) is 1.76.